The first-order valence-electron chi connectivity index (χ1n) is 6.60. The van der Waals surface area contributed by atoms with Gasteiger partial charge in [0.25, 0.3) is 0 Å². The van der Waals surface area contributed by atoms with E-state index in [4.69, 9.17) is 5.73 Å². The summed E-state index contributed by atoms with van der Waals surface area (Å²) < 4.78 is 0. The molecule has 108 valence electrons. The van der Waals surface area contributed by atoms with E-state index in [9.17, 15) is 4.79 Å². The Kier molecular flexibility index (Phi) is 8.44. The molecule has 1 rings (SSSR count). The summed E-state index contributed by atoms with van der Waals surface area (Å²) >= 11 is 0. The first-order chi connectivity index (χ1) is 8.50. The minimum atomic E-state index is -0.135. The summed E-state index contributed by atoms with van der Waals surface area (Å²) in [6, 6.07) is 10.4. The molecule has 0 aliphatic rings. The average Bonchev–Trinajstić information content (AvgIpc) is 2.36. The Bertz CT molecular complexity index is 368. The van der Waals surface area contributed by atoms with E-state index in [0.717, 1.165) is 12.8 Å². The molecule has 0 aromatic heterocycles. The monoisotopic (exact) mass is 284 g/mol. The molecule has 3 atom stereocenters. The van der Waals surface area contributed by atoms with Crippen molar-refractivity contribution in [2.24, 2.45) is 11.7 Å². The van der Waals surface area contributed by atoms with Crippen LogP contribution in [-0.4, -0.2) is 18.0 Å². The lowest BCUT2D eigenvalue weighted by Gasteiger charge is -2.19. The van der Waals surface area contributed by atoms with Gasteiger partial charge in [-0.05, 0) is 32.3 Å². The van der Waals surface area contributed by atoms with Crippen LogP contribution in [0.3, 0.4) is 0 Å². The number of benzene rings is 1. The number of amides is 1. The number of hydrogen-bond acceptors (Lipinski definition) is 2. The zero-order chi connectivity index (χ0) is 13.5. The van der Waals surface area contributed by atoms with Crippen LogP contribution in [0.2, 0.25) is 0 Å². The molecule has 1 aromatic rings. The van der Waals surface area contributed by atoms with Crippen molar-refractivity contribution in [1.82, 2.24) is 5.32 Å². The fraction of sp³-hybridized carbons (Fsp3) is 0.533. The van der Waals surface area contributed by atoms with Crippen molar-refractivity contribution in [3.05, 3.63) is 35.9 Å². The quantitative estimate of drug-likeness (QED) is 0.843. The lowest BCUT2D eigenvalue weighted by atomic mass is 10.0. The summed E-state index contributed by atoms with van der Waals surface area (Å²) in [5.74, 6) is -0.0882. The van der Waals surface area contributed by atoms with Gasteiger partial charge in [-0.2, -0.15) is 0 Å². The Morgan fingerprint density at radius 1 is 1.21 bits per heavy atom. The van der Waals surface area contributed by atoms with E-state index in [0.29, 0.717) is 0 Å². The maximum atomic E-state index is 11.8. The van der Waals surface area contributed by atoms with Gasteiger partial charge in [-0.15, -0.1) is 12.4 Å². The highest BCUT2D eigenvalue weighted by molar-refractivity contribution is 5.85. The molecule has 3 nitrogen and oxygen atoms in total. The molecular weight excluding hydrogens is 260 g/mol. The highest BCUT2D eigenvalue weighted by Crippen LogP contribution is 2.06. The summed E-state index contributed by atoms with van der Waals surface area (Å²) in [7, 11) is 0. The van der Waals surface area contributed by atoms with Gasteiger partial charge in [0, 0.05) is 18.0 Å². The van der Waals surface area contributed by atoms with Crippen LogP contribution in [0.5, 0.6) is 0 Å². The number of carbonyl (C=O) groups is 1. The number of aryl methyl sites for hydroxylation is 1. The van der Waals surface area contributed by atoms with Crippen molar-refractivity contribution >= 4 is 18.3 Å². The first-order valence-corrected chi connectivity index (χ1v) is 6.60. The first kappa shape index (κ1) is 17.9. The maximum absolute atomic E-state index is 11.8. The minimum Gasteiger partial charge on any atom is -0.353 e. The molecule has 3 unspecified atom stereocenters. The summed E-state index contributed by atoms with van der Waals surface area (Å²) in [6.07, 6.45) is 1.93. The predicted octanol–water partition coefficient (Wildman–Crippen LogP) is 2.53. The Morgan fingerprint density at radius 3 is 2.32 bits per heavy atom. The highest BCUT2D eigenvalue weighted by Gasteiger charge is 2.18. The molecule has 0 saturated heterocycles. The average molecular weight is 285 g/mol. The predicted molar refractivity (Wildman–Crippen MR) is 82.4 cm³/mol. The Hall–Kier alpha value is -1.06. The van der Waals surface area contributed by atoms with Crippen molar-refractivity contribution in [1.29, 1.82) is 0 Å². The molecule has 0 aliphatic heterocycles. The second-order valence-corrected chi connectivity index (χ2v) is 5.08. The zero-order valence-corrected chi connectivity index (χ0v) is 12.7. The number of rotatable bonds is 6. The number of carbonyl (C=O) groups excluding carboxylic acids is 1. The van der Waals surface area contributed by atoms with E-state index >= 15 is 0 Å². The van der Waals surface area contributed by atoms with Gasteiger partial charge in [-0.1, -0.05) is 37.3 Å². The number of nitrogens with one attached hydrogen (secondary N) is 1. The lowest BCUT2D eigenvalue weighted by Crippen LogP contribution is -2.42. The van der Waals surface area contributed by atoms with Gasteiger partial charge in [-0.25, -0.2) is 0 Å². The standard InChI is InChI=1S/C15H24N2O.ClH/c1-11(17-15(18)12(2)13(3)16)9-10-14-7-5-4-6-8-14;/h4-8,11-13H,9-10,16H2,1-3H3,(H,17,18);1H. The number of hydrogen-bond donors (Lipinski definition) is 2. The maximum Gasteiger partial charge on any atom is 0.224 e. The van der Waals surface area contributed by atoms with Crippen molar-refractivity contribution in [3.63, 3.8) is 0 Å². The van der Waals surface area contributed by atoms with Crippen LogP contribution >= 0.6 is 12.4 Å². The largest absolute Gasteiger partial charge is 0.353 e. The van der Waals surface area contributed by atoms with E-state index in [2.05, 4.69) is 17.4 Å². The van der Waals surface area contributed by atoms with Crippen molar-refractivity contribution < 1.29 is 4.79 Å². The SMILES string of the molecule is CC(CCc1ccccc1)NC(=O)C(C)C(C)N.Cl. The van der Waals surface area contributed by atoms with Crippen molar-refractivity contribution in [3.8, 4) is 0 Å². The van der Waals surface area contributed by atoms with Crippen LogP contribution < -0.4 is 11.1 Å². The third-order valence-electron chi connectivity index (χ3n) is 3.30. The smallest absolute Gasteiger partial charge is 0.224 e. The topological polar surface area (TPSA) is 55.1 Å². The molecule has 4 heteroatoms. The van der Waals surface area contributed by atoms with Gasteiger partial charge in [0.05, 0.1) is 0 Å². The van der Waals surface area contributed by atoms with E-state index in [1.807, 2.05) is 39.0 Å². The molecule has 0 aliphatic carbocycles. The van der Waals surface area contributed by atoms with Crippen LogP contribution in [0.15, 0.2) is 30.3 Å². The summed E-state index contributed by atoms with van der Waals surface area (Å²) in [5, 5.41) is 3.01. The van der Waals surface area contributed by atoms with Crippen molar-refractivity contribution in [2.75, 3.05) is 0 Å². The van der Waals surface area contributed by atoms with Gasteiger partial charge < -0.3 is 11.1 Å². The molecule has 1 aromatic carbocycles. The molecule has 0 fully saturated rings. The minimum absolute atomic E-state index is 0. The third-order valence-corrected chi connectivity index (χ3v) is 3.30. The van der Waals surface area contributed by atoms with Crippen LogP contribution in [0.1, 0.15) is 32.8 Å². The summed E-state index contributed by atoms with van der Waals surface area (Å²) in [6.45, 7) is 5.76. The van der Waals surface area contributed by atoms with Crippen LogP contribution in [0.4, 0.5) is 0 Å². The van der Waals surface area contributed by atoms with Gasteiger partial charge in [0.15, 0.2) is 0 Å². The normalized spacial score (nSPS) is 14.9. The van der Waals surface area contributed by atoms with Crippen LogP contribution in [-0.2, 0) is 11.2 Å². The Balaban J connectivity index is 0.00000324. The molecule has 19 heavy (non-hydrogen) atoms. The van der Waals surface area contributed by atoms with Gasteiger partial charge in [0.2, 0.25) is 5.91 Å². The van der Waals surface area contributed by atoms with Gasteiger partial charge >= 0.3 is 0 Å². The van der Waals surface area contributed by atoms with Gasteiger partial charge in [-0.3, -0.25) is 4.79 Å². The fourth-order valence-corrected chi connectivity index (χ4v) is 1.71. The molecule has 3 N–H and O–H groups in total. The van der Waals surface area contributed by atoms with Crippen LogP contribution in [0, 0.1) is 5.92 Å². The molecule has 0 radical (unpaired) electrons. The van der Waals surface area contributed by atoms with E-state index in [1.54, 1.807) is 0 Å². The van der Waals surface area contributed by atoms with Gasteiger partial charge in [0.1, 0.15) is 0 Å². The second-order valence-electron chi connectivity index (χ2n) is 5.08. The highest BCUT2D eigenvalue weighted by atomic mass is 35.5. The molecule has 1 amide bonds. The lowest BCUT2D eigenvalue weighted by molar-refractivity contribution is -0.125. The second kappa shape index (κ2) is 8.94. The molecule has 0 spiro atoms. The molecule has 0 heterocycles. The van der Waals surface area contributed by atoms with E-state index < -0.39 is 0 Å². The number of nitrogens with two attached hydrogens (primary N) is 1. The Labute approximate surface area is 122 Å². The molecule has 0 saturated carbocycles. The Morgan fingerprint density at radius 2 is 1.79 bits per heavy atom. The fourth-order valence-electron chi connectivity index (χ4n) is 1.71. The van der Waals surface area contributed by atoms with Crippen molar-refractivity contribution in [2.45, 2.75) is 45.7 Å². The number of halogens is 1. The molecular formula is C15H25ClN2O. The zero-order valence-electron chi connectivity index (χ0n) is 11.9. The summed E-state index contributed by atoms with van der Waals surface area (Å²) in [5.41, 5.74) is 7.02. The third kappa shape index (κ3) is 6.60. The van der Waals surface area contributed by atoms with E-state index in [1.165, 1.54) is 5.56 Å². The van der Waals surface area contributed by atoms with E-state index in [-0.39, 0.29) is 36.3 Å². The summed E-state index contributed by atoms with van der Waals surface area (Å²) in [4.78, 5) is 11.8. The van der Waals surface area contributed by atoms with Crippen LogP contribution in [0.25, 0.3) is 0 Å². The molecule has 0 bridgehead atoms.